The lowest BCUT2D eigenvalue weighted by molar-refractivity contribution is -0.124. The average Bonchev–Trinajstić information content (AvgIpc) is 2.88. The zero-order valence-electron chi connectivity index (χ0n) is 11.5. The molecule has 0 radical (unpaired) electrons. The van der Waals surface area contributed by atoms with Crippen molar-refractivity contribution in [3.05, 3.63) is 17.2 Å². The van der Waals surface area contributed by atoms with E-state index < -0.39 is 0 Å². The molecule has 0 atom stereocenters. The number of hydrogen-bond acceptors (Lipinski definition) is 3. The standard InChI is InChI=1S/C15H18ClNO3/c1-15(4-2-3-5-15)14(18)17-11-9-13-12(8-10(11)16)19-6-7-20-13/h8-9H,2-7H2,1H3,(H,17,18). The molecule has 20 heavy (non-hydrogen) atoms. The molecule has 2 aliphatic rings. The smallest absolute Gasteiger partial charge is 0.230 e. The van der Waals surface area contributed by atoms with Gasteiger partial charge in [0.05, 0.1) is 10.7 Å². The topological polar surface area (TPSA) is 47.6 Å². The van der Waals surface area contributed by atoms with E-state index in [2.05, 4.69) is 5.32 Å². The summed E-state index contributed by atoms with van der Waals surface area (Å²) in [7, 11) is 0. The fourth-order valence-electron chi connectivity index (χ4n) is 2.82. The second-order valence-electron chi connectivity index (χ2n) is 5.70. The Morgan fingerprint density at radius 2 is 1.80 bits per heavy atom. The lowest BCUT2D eigenvalue weighted by Crippen LogP contribution is -2.31. The molecule has 1 aliphatic heterocycles. The van der Waals surface area contributed by atoms with Gasteiger partial charge >= 0.3 is 0 Å². The number of benzene rings is 1. The van der Waals surface area contributed by atoms with Crippen LogP contribution in [0.2, 0.25) is 5.02 Å². The van der Waals surface area contributed by atoms with Crippen LogP contribution in [0.3, 0.4) is 0 Å². The van der Waals surface area contributed by atoms with Crippen molar-refractivity contribution < 1.29 is 14.3 Å². The van der Waals surface area contributed by atoms with E-state index in [-0.39, 0.29) is 11.3 Å². The SMILES string of the molecule is CC1(C(=O)Nc2cc3c(cc2Cl)OCCO3)CCCC1. The van der Waals surface area contributed by atoms with Gasteiger partial charge in [0.25, 0.3) is 0 Å². The van der Waals surface area contributed by atoms with Gasteiger partial charge in [-0.3, -0.25) is 4.79 Å². The molecule has 1 heterocycles. The van der Waals surface area contributed by atoms with Gasteiger partial charge in [0.15, 0.2) is 11.5 Å². The van der Waals surface area contributed by atoms with Gasteiger partial charge in [-0.2, -0.15) is 0 Å². The number of fused-ring (bicyclic) bond motifs is 1. The number of amides is 1. The van der Waals surface area contributed by atoms with Crippen molar-refractivity contribution in [2.75, 3.05) is 18.5 Å². The first-order chi connectivity index (χ1) is 9.58. The highest BCUT2D eigenvalue weighted by atomic mass is 35.5. The van der Waals surface area contributed by atoms with Crippen molar-refractivity contribution in [2.24, 2.45) is 5.41 Å². The summed E-state index contributed by atoms with van der Waals surface area (Å²) in [6.45, 7) is 3.05. The number of rotatable bonds is 2. The summed E-state index contributed by atoms with van der Waals surface area (Å²) >= 11 is 6.21. The highest BCUT2D eigenvalue weighted by Crippen LogP contribution is 2.41. The van der Waals surface area contributed by atoms with Crippen LogP contribution in [0.4, 0.5) is 5.69 Å². The Morgan fingerprint density at radius 1 is 1.20 bits per heavy atom. The molecule has 3 rings (SSSR count). The van der Waals surface area contributed by atoms with Gasteiger partial charge in [-0.25, -0.2) is 0 Å². The maximum absolute atomic E-state index is 12.4. The van der Waals surface area contributed by atoms with Crippen LogP contribution >= 0.6 is 11.6 Å². The van der Waals surface area contributed by atoms with Crippen LogP contribution in [0.25, 0.3) is 0 Å². The quantitative estimate of drug-likeness (QED) is 0.906. The fourth-order valence-corrected chi connectivity index (χ4v) is 3.02. The van der Waals surface area contributed by atoms with Crippen LogP contribution in [-0.4, -0.2) is 19.1 Å². The predicted molar refractivity (Wildman–Crippen MR) is 77.6 cm³/mol. The summed E-state index contributed by atoms with van der Waals surface area (Å²) in [5, 5.41) is 3.41. The van der Waals surface area contributed by atoms with Crippen molar-refractivity contribution in [3.63, 3.8) is 0 Å². The van der Waals surface area contributed by atoms with E-state index in [4.69, 9.17) is 21.1 Å². The Labute approximate surface area is 123 Å². The van der Waals surface area contributed by atoms with Crippen molar-refractivity contribution in [2.45, 2.75) is 32.6 Å². The normalized spacial score (nSPS) is 19.7. The van der Waals surface area contributed by atoms with Crippen LogP contribution < -0.4 is 14.8 Å². The molecule has 1 N–H and O–H groups in total. The van der Waals surface area contributed by atoms with Crippen LogP contribution in [0, 0.1) is 5.41 Å². The van der Waals surface area contributed by atoms with E-state index >= 15 is 0 Å². The van der Waals surface area contributed by atoms with Gasteiger partial charge in [0, 0.05) is 17.5 Å². The molecule has 0 spiro atoms. The third kappa shape index (κ3) is 2.44. The summed E-state index contributed by atoms with van der Waals surface area (Å²) in [6.07, 6.45) is 4.08. The molecule has 1 aromatic rings. The summed E-state index contributed by atoms with van der Waals surface area (Å²) < 4.78 is 11.0. The van der Waals surface area contributed by atoms with E-state index in [1.54, 1.807) is 12.1 Å². The number of hydrogen-bond donors (Lipinski definition) is 1. The van der Waals surface area contributed by atoms with E-state index in [0.717, 1.165) is 25.7 Å². The maximum atomic E-state index is 12.4. The molecule has 5 heteroatoms. The monoisotopic (exact) mass is 295 g/mol. The van der Waals surface area contributed by atoms with E-state index in [1.807, 2.05) is 6.92 Å². The average molecular weight is 296 g/mol. The van der Waals surface area contributed by atoms with Crippen molar-refractivity contribution >= 4 is 23.2 Å². The molecular weight excluding hydrogens is 278 g/mol. The second kappa shape index (κ2) is 5.17. The van der Waals surface area contributed by atoms with Crippen molar-refractivity contribution in [1.82, 2.24) is 0 Å². The fraction of sp³-hybridized carbons (Fsp3) is 0.533. The first-order valence-electron chi connectivity index (χ1n) is 6.99. The number of halogens is 1. The zero-order chi connectivity index (χ0) is 14.2. The largest absolute Gasteiger partial charge is 0.486 e. The lowest BCUT2D eigenvalue weighted by Gasteiger charge is -2.24. The molecule has 1 aliphatic carbocycles. The second-order valence-corrected chi connectivity index (χ2v) is 6.10. The van der Waals surface area contributed by atoms with Crippen molar-refractivity contribution in [3.8, 4) is 11.5 Å². The summed E-state index contributed by atoms with van der Waals surface area (Å²) in [5.41, 5.74) is 0.311. The predicted octanol–water partition coefficient (Wildman–Crippen LogP) is 3.63. The highest BCUT2D eigenvalue weighted by Gasteiger charge is 2.36. The zero-order valence-corrected chi connectivity index (χ0v) is 12.3. The van der Waals surface area contributed by atoms with Crippen molar-refractivity contribution in [1.29, 1.82) is 0 Å². The molecule has 0 bridgehead atoms. The number of carbonyl (C=O) groups is 1. The summed E-state index contributed by atoms with van der Waals surface area (Å²) in [4.78, 5) is 12.4. The Balaban J connectivity index is 1.82. The molecule has 1 saturated carbocycles. The van der Waals surface area contributed by atoms with Crippen LogP contribution in [0.1, 0.15) is 32.6 Å². The van der Waals surface area contributed by atoms with Crippen LogP contribution in [-0.2, 0) is 4.79 Å². The third-order valence-corrected chi connectivity index (χ3v) is 4.45. The minimum absolute atomic E-state index is 0.0357. The third-order valence-electron chi connectivity index (χ3n) is 4.14. The molecule has 0 saturated heterocycles. The first-order valence-corrected chi connectivity index (χ1v) is 7.37. The van der Waals surface area contributed by atoms with E-state index in [1.165, 1.54) is 0 Å². The minimum atomic E-state index is -0.281. The Morgan fingerprint density at radius 3 is 2.45 bits per heavy atom. The van der Waals surface area contributed by atoms with Gasteiger partial charge in [-0.05, 0) is 12.8 Å². The molecule has 1 fully saturated rings. The Hall–Kier alpha value is -1.42. The molecule has 1 amide bonds. The summed E-state index contributed by atoms with van der Waals surface area (Å²) in [6, 6.07) is 3.44. The van der Waals surface area contributed by atoms with Gasteiger partial charge in [0.2, 0.25) is 5.91 Å². The Bertz CT molecular complexity index is 538. The number of anilines is 1. The van der Waals surface area contributed by atoms with Gasteiger partial charge in [0.1, 0.15) is 13.2 Å². The minimum Gasteiger partial charge on any atom is -0.486 e. The maximum Gasteiger partial charge on any atom is 0.230 e. The summed E-state index contributed by atoms with van der Waals surface area (Å²) in [5.74, 6) is 1.30. The highest BCUT2D eigenvalue weighted by molar-refractivity contribution is 6.34. The molecular formula is C15H18ClNO3. The number of carbonyl (C=O) groups excluding carboxylic acids is 1. The van der Waals surface area contributed by atoms with Crippen LogP contribution in [0.15, 0.2) is 12.1 Å². The first kappa shape index (κ1) is 13.6. The molecule has 0 unspecified atom stereocenters. The number of nitrogens with one attached hydrogen (secondary N) is 1. The van der Waals surface area contributed by atoms with E-state index in [0.29, 0.717) is 35.4 Å². The van der Waals surface area contributed by atoms with Crippen LogP contribution in [0.5, 0.6) is 11.5 Å². The molecule has 108 valence electrons. The number of ether oxygens (including phenoxy) is 2. The molecule has 0 aromatic heterocycles. The van der Waals surface area contributed by atoms with Gasteiger partial charge in [-0.1, -0.05) is 31.4 Å². The van der Waals surface area contributed by atoms with Gasteiger partial charge in [-0.15, -0.1) is 0 Å². The van der Waals surface area contributed by atoms with E-state index in [9.17, 15) is 4.79 Å². The molecule has 1 aromatic carbocycles. The van der Waals surface area contributed by atoms with Gasteiger partial charge < -0.3 is 14.8 Å². The Kier molecular flexibility index (Phi) is 3.50. The lowest BCUT2D eigenvalue weighted by atomic mass is 9.88. The molecule has 4 nitrogen and oxygen atoms in total.